The van der Waals surface area contributed by atoms with Crippen LogP contribution < -0.4 is 9.47 Å². The molecular weight excluding hydrogens is 184 g/mol. The molecule has 0 spiro atoms. The first-order valence-electron chi connectivity index (χ1n) is 3.98. The van der Waals surface area contributed by atoms with Gasteiger partial charge in [-0.05, 0) is 12.1 Å². The summed E-state index contributed by atoms with van der Waals surface area (Å²) in [4.78, 5) is 1.29. The predicted molar refractivity (Wildman–Crippen MR) is 57.0 cm³/mol. The zero-order chi connectivity index (χ0) is 9.84. The summed E-state index contributed by atoms with van der Waals surface area (Å²) >= 11 is 0. The van der Waals surface area contributed by atoms with Gasteiger partial charge in [0.25, 0.3) is 0 Å². The van der Waals surface area contributed by atoms with Crippen molar-refractivity contribution in [1.29, 1.82) is 0 Å². The van der Waals surface area contributed by atoms with Crippen molar-refractivity contribution in [2.24, 2.45) is 0 Å². The van der Waals surface area contributed by atoms with Crippen LogP contribution in [0.4, 0.5) is 0 Å². The highest BCUT2D eigenvalue weighted by Crippen LogP contribution is 2.29. The van der Waals surface area contributed by atoms with E-state index in [1.165, 1.54) is 4.90 Å². The van der Waals surface area contributed by atoms with E-state index in [4.69, 9.17) is 9.47 Å². The van der Waals surface area contributed by atoms with Crippen LogP contribution in [0.15, 0.2) is 23.1 Å². The second-order valence-electron chi connectivity index (χ2n) is 2.83. The van der Waals surface area contributed by atoms with Gasteiger partial charge in [-0.3, -0.25) is 0 Å². The highest BCUT2D eigenvalue weighted by molar-refractivity contribution is 7.95. The molecular formula is C10H15O2S+. The molecule has 0 aliphatic carbocycles. The van der Waals surface area contributed by atoms with Crippen molar-refractivity contribution < 1.29 is 9.47 Å². The number of rotatable bonds is 3. The third-order valence-corrected chi connectivity index (χ3v) is 3.02. The predicted octanol–water partition coefficient (Wildman–Crippen LogP) is 1.94. The van der Waals surface area contributed by atoms with E-state index in [1.807, 2.05) is 12.1 Å². The zero-order valence-electron chi connectivity index (χ0n) is 8.46. The van der Waals surface area contributed by atoms with E-state index in [0.717, 1.165) is 11.5 Å². The number of ether oxygens (including phenoxy) is 2. The molecule has 0 atom stereocenters. The fourth-order valence-corrected chi connectivity index (χ4v) is 1.75. The van der Waals surface area contributed by atoms with Gasteiger partial charge in [0, 0.05) is 17.0 Å². The molecule has 0 fully saturated rings. The first-order valence-corrected chi connectivity index (χ1v) is 6.02. The zero-order valence-corrected chi connectivity index (χ0v) is 9.27. The highest BCUT2D eigenvalue weighted by Gasteiger charge is 2.12. The van der Waals surface area contributed by atoms with E-state index in [9.17, 15) is 0 Å². The minimum atomic E-state index is 0.263. The van der Waals surface area contributed by atoms with Crippen molar-refractivity contribution in [3.8, 4) is 11.5 Å². The van der Waals surface area contributed by atoms with E-state index in [1.54, 1.807) is 14.2 Å². The van der Waals surface area contributed by atoms with Crippen LogP contribution in [0, 0.1) is 0 Å². The second-order valence-corrected chi connectivity index (χ2v) is 4.94. The number of methoxy groups -OCH3 is 2. The van der Waals surface area contributed by atoms with Crippen molar-refractivity contribution in [2.75, 3.05) is 26.7 Å². The molecule has 3 heteroatoms. The maximum atomic E-state index is 5.21. The van der Waals surface area contributed by atoms with E-state index in [-0.39, 0.29) is 10.9 Å². The van der Waals surface area contributed by atoms with Crippen LogP contribution in [-0.4, -0.2) is 26.7 Å². The van der Waals surface area contributed by atoms with Crippen LogP contribution in [0.1, 0.15) is 0 Å². The maximum Gasteiger partial charge on any atom is 0.165 e. The molecule has 0 N–H and O–H groups in total. The third kappa shape index (κ3) is 2.31. The van der Waals surface area contributed by atoms with Crippen molar-refractivity contribution >= 4 is 10.9 Å². The van der Waals surface area contributed by atoms with Gasteiger partial charge in [0.05, 0.1) is 14.2 Å². The van der Waals surface area contributed by atoms with Gasteiger partial charge in [-0.25, -0.2) is 0 Å². The average molecular weight is 199 g/mol. The molecule has 0 heterocycles. The topological polar surface area (TPSA) is 18.5 Å². The molecule has 1 aromatic rings. The van der Waals surface area contributed by atoms with Crippen LogP contribution >= 0.6 is 0 Å². The number of benzene rings is 1. The summed E-state index contributed by atoms with van der Waals surface area (Å²) in [7, 11) is 3.57. The van der Waals surface area contributed by atoms with E-state index < -0.39 is 0 Å². The van der Waals surface area contributed by atoms with Crippen molar-refractivity contribution in [3.63, 3.8) is 0 Å². The lowest BCUT2D eigenvalue weighted by atomic mass is 10.3. The Balaban J connectivity index is 3.05. The molecule has 0 radical (unpaired) electrons. The van der Waals surface area contributed by atoms with Gasteiger partial charge in [0.15, 0.2) is 16.4 Å². The molecule has 0 saturated heterocycles. The van der Waals surface area contributed by atoms with Crippen molar-refractivity contribution in [3.05, 3.63) is 18.2 Å². The summed E-state index contributed by atoms with van der Waals surface area (Å²) in [5.74, 6) is 1.60. The number of hydrogen-bond acceptors (Lipinski definition) is 2. The molecule has 0 amide bonds. The summed E-state index contributed by atoms with van der Waals surface area (Å²) in [5, 5.41) is 0. The van der Waals surface area contributed by atoms with Gasteiger partial charge in [0.1, 0.15) is 12.5 Å². The molecule has 72 valence electrons. The van der Waals surface area contributed by atoms with Crippen LogP contribution in [0.25, 0.3) is 0 Å². The SMILES string of the molecule is COc1ccc([S+](C)C)cc1OC. The van der Waals surface area contributed by atoms with Gasteiger partial charge in [-0.2, -0.15) is 0 Å². The molecule has 0 aliphatic rings. The third-order valence-electron chi connectivity index (χ3n) is 1.83. The first kappa shape index (κ1) is 10.3. The molecule has 13 heavy (non-hydrogen) atoms. The molecule has 2 nitrogen and oxygen atoms in total. The van der Waals surface area contributed by atoms with Crippen molar-refractivity contribution in [1.82, 2.24) is 0 Å². The summed E-state index contributed by atoms with van der Waals surface area (Å²) < 4.78 is 10.4. The van der Waals surface area contributed by atoms with E-state index in [0.29, 0.717) is 0 Å². The Labute approximate surface area is 82.2 Å². The van der Waals surface area contributed by atoms with Crippen LogP contribution in [0.5, 0.6) is 11.5 Å². The molecule has 0 aromatic heterocycles. The maximum absolute atomic E-state index is 5.21. The van der Waals surface area contributed by atoms with E-state index in [2.05, 4.69) is 18.6 Å². The van der Waals surface area contributed by atoms with Gasteiger partial charge in [-0.15, -0.1) is 0 Å². The minimum Gasteiger partial charge on any atom is -0.493 e. The summed E-state index contributed by atoms with van der Waals surface area (Å²) in [6, 6.07) is 6.05. The van der Waals surface area contributed by atoms with Gasteiger partial charge >= 0.3 is 0 Å². The fourth-order valence-electron chi connectivity index (χ4n) is 1.07. The lowest BCUT2D eigenvalue weighted by molar-refractivity contribution is 0.354. The Kier molecular flexibility index (Phi) is 3.48. The average Bonchev–Trinajstić information content (AvgIpc) is 2.16. The Morgan fingerprint density at radius 1 is 1.00 bits per heavy atom. The standard InChI is InChI=1S/C10H15O2S/c1-11-9-6-5-8(13(3)4)7-10(9)12-2/h5-7H,1-4H3/q+1. The Bertz CT molecular complexity index is 284. The molecule has 0 saturated carbocycles. The number of hydrogen-bond donors (Lipinski definition) is 0. The quantitative estimate of drug-likeness (QED) is 0.693. The summed E-state index contributed by atoms with van der Waals surface area (Å²) in [6.45, 7) is 0. The summed E-state index contributed by atoms with van der Waals surface area (Å²) in [5.41, 5.74) is 0. The smallest absolute Gasteiger partial charge is 0.165 e. The molecule has 0 unspecified atom stereocenters. The van der Waals surface area contributed by atoms with Crippen LogP contribution in [-0.2, 0) is 10.9 Å². The normalized spacial score (nSPS) is 10.2. The Hall–Kier alpha value is -0.830. The molecule has 1 rings (SSSR count). The lowest BCUT2D eigenvalue weighted by Crippen LogP contribution is -1.97. The summed E-state index contributed by atoms with van der Waals surface area (Å²) in [6.07, 6.45) is 4.36. The fraction of sp³-hybridized carbons (Fsp3) is 0.400. The molecule has 1 aromatic carbocycles. The highest BCUT2D eigenvalue weighted by atomic mass is 32.2. The lowest BCUT2D eigenvalue weighted by Gasteiger charge is -2.07. The minimum absolute atomic E-state index is 0.263. The largest absolute Gasteiger partial charge is 0.493 e. The van der Waals surface area contributed by atoms with Gasteiger partial charge in [-0.1, -0.05) is 0 Å². The molecule has 0 bridgehead atoms. The monoisotopic (exact) mass is 199 g/mol. The second kappa shape index (κ2) is 4.42. The van der Waals surface area contributed by atoms with Crippen molar-refractivity contribution in [2.45, 2.75) is 4.90 Å². The van der Waals surface area contributed by atoms with Gasteiger partial charge in [0.2, 0.25) is 0 Å². The van der Waals surface area contributed by atoms with E-state index >= 15 is 0 Å². The van der Waals surface area contributed by atoms with Gasteiger partial charge < -0.3 is 9.47 Å². The Morgan fingerprint density at radius 3 is 2.08 bits per heavy atom. The molecule has 0 aliphatic heterocycles. The van der Waals surface area contributed by atoms with Crippen LogP contribution in [0.2, 0.25) is 0 Å². The Morgan fingerprint density at radius 2 is 1.62 bits per heavy atom. The van der Waals surface area contributed by atoms with Crippen LogP contribution in [0.3, 0.4) is 0 Å². The first-order chi connectivity index (χ1) is 6.19.